The maximum Gasteiger partial charge on any atom is 0.315 e. The molecule has 2 aromatic rings. The Balaban J connectivity index is 2.44. The number of amides is 1. The fourth-order valence-corrected chi connectivity index (χ4v) is 2.60. The lowest BCUT2D eigenvalue weighted by molar-refractivity contribution is -0.386. The van der Waals surface area contributed by atoms with E-state index in [4.69, 9.17) is 27.9 Å². The molecule has 138 valence electrons. The first-order chi connectivity index (χ1) is 12.8. The molecular formula is C17H11Cl2N3O5. The van der Waals surface area contributed by atoms with Gasteiger partial charge in [0.25, 0.3) is 5.91 Å². The zero-order valence-electron chi connectivity index (χ0n) is 13.7. The number of nitro benzene ring substituents is 1. The van der Waals surface area contributed by atoms with E-state index in [0.717, 1.165) is 12.1 Å². The van der Waals surface area contributed by atoms with Crippen molar-refractivity contribution >= 4 is 46.6 Å². The Bertz CT molecular complexity index is 979. The van der Waals surface area contributed by atoms with E-state index in [1.165, 1.54) is 25.3 Å². The first kappa shape index (κ1) is 20.0. The molecule has 0 bridgehead atoms. The standard InChI is InChI=1S/C17H11Cl2N3O5/c1-27-14-7-9(6-13(16(14)23)22(25)26)5-10(8-20)17(24)21-15-11(18)3-2-4-12(15)19/h2-7,23H,1H3,(H,21,24)/b10-5+. The molecule has 0 heterocycles. The van der Waals surface area contributed by atoms with Crippen LogP contribution in [0.1, 0.15) is 5.56 Å². The Morgan fingerprint density at radius 1 is 1.37 bits per heavy atom. The summed E-state index contributed by atoms with van der Waals surface area (Å²) in [5.74, 6) is -1.66. The second-order valence-electron chi connectivity index (χ2n) is 5.07. The number of rotatable bonds is 5. The maximum absolute atomic E-state index is 12.4. The van der Waals surface area contributed by atoms with Gasteiger partial charge in [0.2, 0.25) is 5.75 Å². The van der Waals surface area contributed by atoms with Crippen LogP contribution in [0, 0.1) is 21.4 Å². The molecule has 0 aliphatic carbocycles. The molecule has 0 aliphatic heterocycles. The highest BCUT2D eigenvalue weighted by atomic mass is 35.5. The Labute approximate surface area is 163 Å². The van der Waals surface area contributed by atoms with E-state index in [1.54, 1.807) is 12.1 Å². The van der Waals surface area contributed by atoms with Crippen LogP contribution in [0.2, 0.25) is 10.0 Å². The van der Waals surface area contributed by atoms with Crippen LogP contribution in [0.15, 0.2) is 35.9 Å². The van der Waals surface area contributed by atoms with Crippen molar-refractivity contribution in [1.82, 2.24) is 0 Å². The van der Waals surface area contributed by atoms with Crippen molar-refractivity contribution in [1.29, 1.82) is 5.26 Å². The number of para-hydroxylation sites is 1. The van der Waals surface area contributed by atoms with Gasteiger partial charge in [0.1, 0.15) is 11.6 Å². The molecule has 8 nitrogen and oxygen atoms in total. The predicted molar refractivity (Wildman–Crippen MR) is 100.0 cm³/mol. The summed E-state index contributed by atoms with van der Waals surface area (Å²) < 4.78 is 4.88. The van der Waals surface area contributed by atoms with Gasteiger partial charge in [-0.3, -0.25) is 14.9 Å². The number of carbonyl (C=O) groups is 1. The average Bonchev–Trinajstić information content (AvgIpc) is 2.63. The number of aromatic hydroxyl groups is 1. The number of phenols is 1. The van der Waals surface area contributed by atoms with Crippen LogP contribution in [0.5, 0.6) is 11.5 Å². The molecule has 0 saturated carbocycles. The maximum atomic E-state index is 12.4. The molecule has 0 aliphatic rings. The van der Waals surface area contributed by atoms with Crippen molar-refractivity contribution < 1.29 is 19.6 Å². The van der Waals surface area contributed by atoms with Gasteiger partial charge in [-0.15, -0.1) is 0 Å². The van der Waals surface area contributed by atoms with Crippen molar-refractivity contribution in [3.05, 3.63) is 61.6 Å². The van der Waals surface area contributed by atoms with Crippen LogP contribution in [-0.4, -0.2) is 23.0 Å². The van der Waals surface area contributed by atoms with Crippen molar-refractivity contribution in [3.8, 4) is 17.6 Å². The molecule has 1 amide bonds. The number of nitrogens with one attached hydrogen (secondary N) is 1. The molecule has 0 unspecified atom stereocenters. The summed E-state index contributed by atoms with van der Waals surface area (Å²) in [7, 11) is 1.21. The number of halogens is 2. The first-order valence-corrected chi connectivity index (χ1v) is 7.96. The average molecular weight is 408 g/mol. The smallest absolute Gasteiger partial charge is 0.315 e. The number of phenolic OH excluding ortho intramolecular Hbond substituents is 1. The topological polar surface area (TPSA) is 125 Å². The van der Waals surface area contributed by atoms with Crippen LogP contribution >= 0.6 is 23.2 Å². The predicted octanol–water partition coefficient (Wildman–Crippen LogP) is 4.16. The van der Waals surface area contributed by atoms with Gasteiger partial charge in [-0.2, -0.15) is 5.26 Å². The number of nitro groups is 1. The minimum atomic E-state index is -0.817. The molecular weight excluding hydrogens is 397 g/mol. The van der Waals surface area contributed by atoms with Crippen molar-refractivity contribution in [3.63, 3.8) is 0 Å². The summed E-state index contributed by atoms with van der Waals surface area (Å²) in [6, 6.07) is 8.55. The number of anilines is 1. The number of nitriles is 1. The van der Waals surface area contributed by atoms with E-state index in [1.807, 2.05) is 0 Å². The van der Waals surface area contributed by atoms with Crippen LogP contribution in [-0.2, 0) is 4.79 Å². The van der Waals surface area contributed by atoms with Gasteiger partial charge >= 0.3 is 5.69 Å². The van der Waals surface area contributed by atoms with Crippen molar-refractivity contribution in [2.24, 2.45) is 0 Å². The van der Waals surface area contributed by atoms with E-state index < -0.39 is 22.3 Å². The summed E-state index contributed by atoms with van der Waals surface area (Å²) in [6.45, 7) is 0. The number of nitrogens with zero attached hydrogens (tertiary/aromatic N) is 2. The summed E-state index contributed by atoms with van der Waals surface area (Å²) in [5, 5.41) is 32.9. The van der Waals surface area contributed by atoms with E-state index >= 15 is 0 Å². The highest BCUT2D eigenvalue weighted by Gasteiger charge is 2.20. The third-order valence-corrected chi connectivity index (χ3v) is 4.00. The second-order valence-corrected chi connectivity index (χ2v) is 5.88. The van der Waals surface area contributed by atoms with Gasteiger partial charge < -0.3 is 15.2 Å². The number of hydrogen-bond acceptors (Lipinski definition) is 6. The van der Waals surface area contributed by atoms with Gasteiger partial charge in [0, 0.05) is 6.07 Å². The van der Waals surface area contributed by atoms with Gasteiger partial charge in [-0.25, -0.2) is 0 Å². The van der Waals surface area contributed by atoms with Gasteiger partial charge in [0.05, 0.1) is 27.8 Å². The SMILES string of the molecule is COc1cc(/C=C(\C#N)C(=O)Nc2c(Cl)cccc2Cl)cc([N+](=O)[O-])c1O. The Morgan fingerprint density at radius 3 is 2.52 bits per heavy atom. The van der Waals surface area contributed by atoms with Crippen LogP contribution in [0.4, 0.5) is 11.4 Å². The molecule has 2 aromatic carbocycles. The molecule has 0 radical (unpaired) electrons. The number of ether oxygens (including phenoxy) is 1. The molecule has 0 atom stereocenters. The Hall–Kier alpha value is -3.28. The lowest BCUT2D eigenvalue weighted by atomic mass is 10.1. The van der Waals surface area contributed by atoms with Gasteiger partial charge in [-0.1, -0.05) is 29.3 Å². The zero-order valence-corrected chi connectivity index (χ0v) is 15.2. The lowest BCUT2D eigenvalue weighted by Crippen LogP contribution is -2.14. The van der Waals surface area contributed by atoms with Gasteiger partial charge in [0.15, 0.2) is 5.75 Å². The number of carbonyl (C=O) groups excluding carboxylic acids is 1. The van der Waals surface area contributed by atoms with E-state index in [0.29, 0.717) is 0 Å². The molecule has 27 heavy (non-hydrogen) atoms. The fourth-order valence-electron chi connectivity index (χ4n) is 2.11. The lowest BCUT2D eigenvalue weighted by Gasteiger charge is -2.09. The van der Waals surface area contributed by atoms with Crippen LogP contribution < -0.4 is 10.1 Å². The second kappa shape index (κ2) is 8.40. The monoisotopic (exact) mass is 407 g/mol. The van der Waals surface area contributed by atoms with Crippen LogP contribution in [0.3, 0.4) is 0 Å². The van der Waals surface area contributed by atoms with Gasteiger partial charge in [-0.05, 0) is 29.8 Å². The molecule has 0 spiro atoms. The molecule has 2 rings (SSSR count). The Morgan fingerprint density at radius 2 is 2.00 bits per heavy atom. The highest BCUT2D eigenvalue weighted by Crippen LogP contribution is 2.37. The first-order valence-electron chi connectivity index (χ1n) is 7.21. The van der Waals surface area contributed by atoms with Crippen molar-refractivity contribution in [2.45, 2.75) is 0 Å². The zero-order chi connectivity index (χ0) is 20.1. The Kier molecular flexibility index (Phi) is 6.23. The van der Waals surface area contributed by atoms with E-state index in [-0.39, 0.29) is 32.6 Å². The summed E-state index contributed by atoms with van der Waals surface area (Å²) in [5.41, 5.74) is -0.768. The number of benzene rings is 2. The quantitative estimate of drug-likeness (QED) is 0.331. The fraction of sp³-hybridized carbons (Fsp3) is 0.0588. The molecule has 0 saturated heterocycles. The summed E-state index contributed by atoms with van der Waals surface area (Å²) >= 11 is 11.9. The largest absolute Gasteiger partial charge is 0.500 e. The molecule has 0 aromatic heterocycles. The third kappa shape index (κ3) is 4.47. The number of hydrogen-bond donors (Lipinski definition) is 2. The van der Waals surface area contributed by atoms with E-state index in [9.17, 15) is 25.3 Å². The number of methoxy groups -OCH3 is 1. The molecule has 0 fully saturated rings. The van der Waals surface area contributed by atoms with Crippen molar-refractivity contribution in [2.75, 3.05) is 12.4 Å². The minimum absolute atomic E-state index is 0.105. The summed E-state index contributed by atoms with van der Waals surface area (Å²) in [4.78, 5) is 22.6. The summed E-state index contributed by atoms with van der Waals surface area (Å²) in [6.07, 6.45) is 1.11. The minimum Gasteiger partial charge on any atom is -0.500 e. The van der Waals surface area contributed by atoms with Crippen LogP contribution in [0.25, 0.3) is 6.08 Å². The highest BCUT2D eigenvalue weighted by molar-refractivity contribution is 6.40. The normalized spacial score (nSPS) is 10.8. The molecule has 10 heteroatoms. The third-order valence-electron chi connectivity index (χ3n) is 3.37. The molecule has 2 N–H and O–H groups in total. The van der Waals surface area contributed by atoms with E-state index in [2.05, 4.69) is 5.32 Å².